The molecule has 5 nitrogen and oxygen atoms in total. The van der Waals surface area contributed by atoms with Gasteiger partial charge in [-0.05, 0) is 37.1 Å². The third-order valence-corrected chi connectivity index (χ3v) is 3.32. The van der Waals surface area contributed by atoms with Crippen LogP contribution in [-0.4, -0.2) is 19.0 Å². The number of benzene rings is 1. The van der Waals surface area contributed by atoms with Gasteiger partial charge in [0.25, 0.3) is 0 Å². The Balaban J connectivity index is 1.95. The van der Waals surface area contributed by atoms with E-state index in [1.807, 2.05) is 31.2 Å². The number of esters is 2. The molecule has 0 saturated heterocycles. The maximum Gasteiger partial charge on any atom is 0.341 e. The molecule has 5 heteroatoms. The standard InChI is InChI=1S/C18H18O5/c1-12-6-4-5-7-14(12)8-9-17(19)22-11-15-10-16(13(2)23-15)18(20)21-3/h4-10H,11H2,1-3H3/b9-8+. The Hall–Kier alpha value is -2.82. The first-order chi connectivity index (χ1) is 11.0. The summed E-state index contributed by atoms with van der Waals surface area (Å²) < 4.78 is 15.1. The van der Waals surface area contributed by atoms with Gasteiger partial charge in [0.05, 0.1) is 7.11 Å². The lowest BCUT2D eigenvalue weighted by Gasteiger charge is -2.00. The summed E-state index contributed by atoms with van der Waals surface area (Å²) in [6.45, 7) is 3.56. The van der Waals surface area contributed by atoms with Crippen molar-refractivity contribution in [2.45, 2.75) is 20.5 Å². The van der Waals surface area contributed by atoms with Gasteiger partial charge in [-0.3, -0.25) is 0 Å². The molecule has 2 aromatic rings. The van der Waals surface area contributed by atoms with Crippen molar-refractivity contribution in [2.75, 3.05) is 7.11 Å². The summed E-state index contributed by atoms with van der Waals surface area (Å²) in [5, 5.41) is 0. The van der Waals surface area contributed by atoms with Crippen molar-refractivity contribution in [3.05, 3.63) is 64.6 Å². The summed E-state index contributed by atoms with van der Waals surface area (Å²) in [5.74, 6) is -0.149. The van der Waals surface area contributed by atoms with Crippen molar-refractivity contribution >= 4 is 18.0 Å². The lowest BCUT2D eigenvalue weighted by molar-refractivity contribution is -0.139. The summed E-state index contributed by atoms with van der Waals surface area (Å²) in [7, 11) is 1.30. The highest BCUT2D eigenvalue weighted by atomic mass is 16.5. The molecule has 2 rings (SSSR count). The molecule has 23 heavy (non-hydrogen) atoms. The van der Waals surface area contributed by atoms with Crippen molar-refractivity contribution < 1.29 is 23.5 Å². The van der Waals surface area contributed by atoms with Gasteiger partial charge in [-0.2, -0.15) is 0 Å². The summed E-state index contributed by atoms with van der Waals surface area (Å²) in [4.78, 5) is 23.2. The zero-order valence-corrected chi connectivity index (χ0v) is 13.3. The first-order valence-corrected chi connectivity index (χ1v) is 7.09. The zero-order chi connectivity index (χ0) is 16.8. The SMILES string of the molecule is COC(=O)c1cc(COC(=O)/C=C/c2ccccc2C)oc1C. The highest BCUT2D eigenvalue weighted by molar-refractivity contribution is 5.90. The third-order valence-electron chi connectivity index (χ3n) is 3.32. The molecule has 1 aromatic heterocycles. The highest BCUT2D eigenvalue weighted by Crippen LogP contribution is 2.16. The molecule has 0 bridgehead atoms. The highest BCUT2D eigenvalue weighted by Gasteiger charge is 2.15. The minimum atomic E-state index is -0.484. The minimum Gasteiger partial charge on any atom is -0.465 e. The van der Waals surface area contributed by atoms with Crippen LogP contribution in [0, 0.1) is 13.8 Å². The lowest BCUT2D eigenvalue weighted by atomic mass is 10.1. The molecule has 1 heterocycles. The Morgan fingerprint density at radius 2 is 1.96 bits per heavy atom. The molecule has 0 fully saturated rings. The molecular weight excluding hydrogens is 296 g/mol. The molecule has 0 atom stereocenters. The van der Waals surface area contributed by atoms with Crippen molar-refractivity contribution in [3.63, 3.8) is 0 Å². The number of furan rings is 1. The average Bonchev–Trinajstić information content (AvgIpc) is 2.92. The van der Waals surface area contributed by atoms with E-state index in [9.17, 15) is 9.59 Å². The number of carbonyl (C=O) groups is 2. The molecule has 0 amide bonds. The molecule has 120 valence electrons. The van der Waals surface area contributed by atoms with Crippen LogP contribution in [0.3, 0.4) is 0 Å². The van der Waals surface area contributed by atoms with Crippen LogP contribution in [0.25, 0.3) is 6.08 Å². The van der Waals surface area contributed by atoms with Crippen molar-refractivity contribution in [1.29, 1.82) is 0 Å². The number of hydrogen-bond acceptors (Lipinski definition) is 5. The molecule has 0 N–H and O–H groups in total. The van der Waals surface area contributed by atoms with Crippen LogP contribution in [0.4, 0.5) is 0 Å². The molecule has 0 radical (unpaired) electrons. The largest absolute Gasteiger partial charge is 0.465 e. The topological polar surface area (TPSA) is 65.7 Å². The monoisotopic (exact) mass is 314 g/mol. The Bertz CT molecular complexity index is 740. The van der Waals surface area contributed by atoms with Gasteiger partial charge in [-0.25, -0.2) is 9.59 Å². The molecule has 0 aliphatic carbocycles. The van der Waals surface area contributed by atoms with Crippen LogP contribution < -0.4 is 0 Å². The summed E-state index contributed by atoms with van der Waals surface area (Å²) >= 11 is 0. The van der Waals surface area contributed by atoms with E-state index in [2.05, 4.69) is 4.74 Å². The second-order valence-electron chi connectivity index (χ2n) is 4.97. The fraction of sp³-hybridized carbons (Fsp3) is 0.222. The van der Waals surface area contributed by atoms with Crippen molar-refractivity contribution in [2.24, 2.45) is 0 Å². The smallest absolute Gasteiger partial charge is 0.341 e. The normalized spacial score (nSPS) is 10.7. The van der Waals surface area contributed by atoms with Gasteiger partial charge >= 0.3 is 11.9 Å². The first kappa shape index (κ1) is 16.5. The van der Waals surface area contributed by atoms with Gasteiger partial charge in [-0.1, -0.05) is 24.3 Å². The maximum absolute atomic E-state index is 11.7. The van der Waals surface area contributed by atoms with Gasteiger partial charge in [0.2, 0.25) is 0 Å². The molecule has 0 aliphatic rings. The van der Waals surface area contributed by atoms with E-state index < -0.39 is 11.9 Å². The number of hydrogen-bond donors (Lipinski definition) is 0. The quantitative estimate of drug-likeness (QED) is 0.625. The molecule has 0 saturated carbocycles. The van der Waals surface area contributed by atoms with Crippen LogP contribution in [0.1, 0.15) is 33.0 Å². The van der Waals surface area contributed by atoms with E-state index in [1.165, 1.54) is 19.3 Å². The van der Waals surface area contributed by atoms with Crippen LogP contribution in [-0.2, 0) is 20.9 Å². The molecule has 1 aromatic carbocycles. The lowest BCUT2D eigenvalue weighted by Crippen LogP contribution is -2.01. The number of rotatable bonds is 5. The maximum atomic E-state index is 11.7. The first-order valence-electron chi connectivity index (χ1n) is 7.09. The van der Waals surface area contributed by atoms with Crippen LogP contribution in [0.5, 0.6) is 0 Å². The van der Waals surface area contributed by atoms with Crippen LogP contribution in [0.2, 0.25) is 0 Å². The van der Waals surface area contributed by atoms with Crippen molar-refractivity contribution in [1.82, 2.24) is 0 Å². The molecule has 0 spiro atoms. The van der Waals surface area contributed by atoms with E-state index in [0.717, 1.165) is 11.1 Å². The van der Waals surface area contributed by atoms with Crippen molar-refractivity contribution in [3.8, 4) is 0 Å². The van der Waals surface area contributed by atoms with E-state index in [4.69, 9.17) is 9.15 Å². The molecular formula is C18H18O5. The van der Waals surface area contributed by atoms with E-state index in [1.54, 1.807) is 13.0 Å². The molecule has 0 aliphatic heterocycles. The predicted octanol–water partition coefficient (Wildman–Crippen LogP) is 3.44. The third kappa shape index (κ3) is 4.32. The summed E-state index contributed by atoms with van der Waals surface area (Å²) in [6, 6.07) is 9.23. The number of carbonyl (C=O) groups excluding carboxylic acids is 2. The zero-order valence-electron chi connectivity index (χ0n) is 13.3. The second kappa shape index (κ2) is 7.45. The predicted molar refractivity (Wildman–Crippen MR) is 84.8 cm³/mol. The van der Waals surface area contributed by atoms with Crippen LogP contribution >= 0.6 is 0 Å². The van der Waals surface area contributed by atoms with E-state index in [-0.39, 0.29) is 6.61 Å². The van der Waals surface area contributed by atoms with Gasteiger partial charge in [-0.15, -0.1) is 0 Å². The number of aryl methyl sites for hydroxylation is 2. The van der Waals surface area contributed by atoms with Gasteiger partial charge in [0, 0.05) is 6.08 Å². The van der Waals surface area contributed by atoms with E-state index >= 15 is 0 Å². The number of ether oxygens (including phenoxy) is 2. The Kier molecular flexibility index (Phi) is 5.36. The molecule has 0 unspecified atom stereocenters. The summed E-state index contributed by atoms with van der Waals surface area (Å²) in [5.41, 5.74) is 2.35. The van der Waals surface area contributed by atoms with E-state index in [0.29, 0.717) is 17.1 Å². The second-order valence-corrected chi connectivity index (χ2v) is 4.97. The Morgan fingerprint density at radius 3 is 2.65 bits per heavy atom. The Morgan fingerprint density at radius 1 is 1.22 bits per heavy atom. The fourth-order valence-corrected chi connectivity index (χ4v) is 2.05. The Labute approximate surface area is 134 Å². The van der Waals surface area contributed by atoms with Gasteiger partial charge in [0.1, 0.15) is 23.7 Å². The number of methoxy groups -OCH3 is 1. The average molecular weight is 314 g/mol. The van der Waals surface area contributed by atoms with Gasteiger partial charge in [0.15, 0.2) is 0 Å². The summed E-state index contributed by atoms with van der Waals surface area (Å²) in [6.07, 6.45) is 3.06. The fourth-order valence-electron chi connectivity index (χ4n) is 2.05. The van der Waals surface area contributed by atoms with Crippen LogP contribution in [0.15, 0.2) is 40.8 Å². The minimum absolute atomic E-state index is 0.0468. The van der Waals surface area contributed by atoms with Gasteiger partial charge < -0.3 is 13.9 Å².